The number of amides is 1. The van der Waals surface area contributed by atoms with Gasteiger partial charge in [0.25, 0.3) is 5.91 Å². The van der Waals surface area contributed by atoms with Gasteiger partial charge in [-0.25, -0.2) is 4.39 Å². The minimum atomic E-state index is -0.496. The second kappa shape index (κ2) is 5.95. The van der Waals surface area contributed by atoms with E-state index >= 15 is 0 Å². The molecule has 0 aliphatic rings. The van der Waals surface area contributed by atoms with Gasteiger partial charge in [-0.1, -0.05) is 25.1 Å². The minimum Gasteiger partial charge on any atom is -0.366 e. The fourth-order valence-electron chi connectivity index (χ4n) is 2.80. The van der Waals surface area contributed by atoms with Crippen molar-refractivity contribution in [3.8, 4) is 11.1 Å². The van der Waals surface area contributed by atoms with Crippen molar-refractivity contribution in [1.82, 2.24) is 4.57 Å². The van der Waals surface area contributed by atoms with Gasteiger partial charge in [-0.05, 0) is 31.0 Å². The van der Waals surface area contributed by atoms with Crippen molar-refractivity contribution in [2.45, 2.75) is 26.8 Å². The summed E-state index contributed by atoms with van der Waals surface area (Å²) in [7, 11) is 0. The Balaban J connectivity index is 2.82. The lowest BCUT2D eigenvalue weighted by Crippen LogP contribution is -2.13. The average Bonchev–Trinajstić information content (AvgIpc) is 2.72. The van der Waals surface area contributed by atoms with E-state index in [9.17, 15) is 9.18 Å². The lowest BCUT2D eigenvalue weighted by atomic mass is 9.99. The van der Waals surface area contributed by atoms with Gasteiger partial charge in [0, 0.05) is 23.5 Å². The number of halogens is 1. The number of nitrogens with zero attached hydrogens (tertiary/aromatic N) is 1. The number of allylic oxidation sites excluding steroid dienone is 1. The third-order valence-electron chi connectivity index (χ3n) is 3.64. The van der Waals surface area contributed by atoms with Crippen molar-refractivity contribution in [3.63, 3.8) is 0 Å². The molecule has 2 aromatic rings. The van der Waals surface area contributed by atoms with Gasteiger partial charge >= 0.3 is 0 Å². The molecule has 1 heterocycles. The van der Waals surface area contributed by atoms with E-state index in [0.717, 1.165) is 17.0 Å². The van der Waals surface area contributed by atoms with Gasteiger partial charge in [0.2, 0.25) is 0 Å². The summed E-state index contributed by atoms with van der Waals surface area (Å²) in [4.78, 5) is 11.9. The van der Waals surface area contributed by atoms with E-state index in [1.165, 1.54) is 12.1 Å². The Morgan fingerprint density at radius 1 is 1.48 bits per heavy atom. The van der Waals surface area contributed by atoms with E-state index in [1.807, 2.05) is 18.4 Å². The molecule has 2 rings (SSSR count). The summed E-state index contributed by atoms with van der Waals surface area (Å²) >= 11 is 0. The molecule has 21 heavy (non-hydrogen) atoms. The maximum absolute atomic E-state index is 13.5. The summed E-state index contributed by atoms with van der Waals surface area (Å²) in [6.07, 6.45) is 2.49. The maximum Gasteiger partial charge on any atom is 0.251 e. The Morgan fingerprint density at radius 3 is 2.71 bits per heavy atom. The molecule has 0 spiro atoms. The molecule has 0 bridgehead atoms. The predicted molar refractivity (Wildman–Crippen MR) is 82.7 cm³/mol. The number of nitrogens with two attached hydrogens (primary N) is 1. The van der Waals surface area contributed by atoms with Crippen LogP contribution in [0.5, 0.6) is 0 Å². The van der Waals surface area contributed by atoms with Gasteiger partial charge in [0.1, 0.15) is 5.82 Å². The third-order valence-corrected chi connectivity index (χ3v) is 3.64. The number of hydrogen-bond donors (Lipinski definition) is 1. The normalized spacial score (nSPS) is 10.6. The fourth-order valence-corrected chi connectivity index (χ4v) is 2.80. The molecule has 0 unspecified atom stereocenters. The number of hydrogen-bond acceptors (Lipinski definition) is 1. The van der Waals surface area contributed by atoms with E-state index in [4.69, 9.17) is 5.73 Å². The lowest BCUT2D eigenvalue weighted by molar-refractivity contribution is 0.1000. The first-order valence-corrected chi connectivity index (χ1v) is 6.89. The first-order chi connectivity index (χ1) is 10.0. The van der Waals surface area contributed by atoms with E-state index in [1.54, 1.807) is 18.2 Å². The predicted octanol–water partition coefficient (Wildman–Crippen LogP) is 3.45. The molecule has 1 aromatic carbocycles. The number of rotatable bonds is 5. The van der Waals surface area contributed by atoms with Gasteiger partial charge in [0.15, 0.2) is 0 Å². The summed E-state index contributed by atoms with van der Waals surface area (Å²) in [5.41, 5.74) is 9.16. The minimum absolute atomic E-state index is 0.334. The molecule has 0 fully saturated rings. The van der Waals surface area contributed by atoms with Crippen LogP contribution < -0.4 is 5.73 Å². The highest BCUT2D eigenvalue weighted by Gasteiger charge is 2.23. The smallest absolute Gasteiger partial charge is 0.251 e. The monoisotopic (exact) mass is 286 g/mol. The van der Waals surface area contributed by atoms with Gasteiger partial charge in [0.05, 0.1) is 5.56 Å². The largest absolute Gasteiger partial charge is 0.366 e. The lowest BCUT2D eigenvalue weighted by Gasteiger charge is -2.09. The second-order valence-corrected chi connectivity index (χ2v) is 4.91. The summed E-state index contributed by atoms with van der Waals surface area (Å²) in [5.74, 6) is -0.830. The van der Waals surface area contributed by atoms with Crippen LogP contribution in [0.1, 0.15) is 28.7 Å². The zero-order valence-electron chi connectivity index (χ0n) is 12.3. The van der Waals surface area contributed by atoms with Gasteiger partial charge in [-0.3, -0.25) is 4.79 Å². The third kappa shape index (κ3) is 2.61. The molecule has 0 saturated heterocycles. The van der Waals surface area contributed by atoms with E-state index in [0.29, 0.717) is 24.1 Å². The zero-order chi connectivity index (χ0) is 15.6. The standard InChI is InChI=1S/C17H19FN2O/c1-4-9-20-11(3)15(17(19)21)16(14(20)5-2)12-7-6-8-13(18)10-12/h4,6-8,10H,1,5,9H2,2-3H3,(H2,19,21). The molecule has 0 aliphatic carbocycles. The highest BCUT2D eigenvalue weighted by molar-refractivity contribution is 6.02. The number of benzene rings is 1. The van der Waals surface area contributed by atoms with Gasteiger partial charge in [-0.15, -0.1) is 6.58 Å². The first-order valence-electron chi connectivity index (χ1n) is 6.89. The molecule has 1 aromatic heterocycles. The van der Waals surface area contributed by atoms with Crippen LogP contribution in [0, 0.1) is 12.7 Å². The van der Waals surface area contributed by atoms with Crippen molar-refractivity contribution < 1.29 is 9.18 Å². The van der Waals surface area contributed by atoms with Crippen LogP contribution in [0.3, 0.4) is 0 Å². The van der Waals surface area contributed by atoms with Crippen LogP contribution in [0.15, 0.2) is 36.9 Å². The first kappa shape index (κ1) is 15.0. The van der Waals surface area contributed by atoms with Gasteiger partial charge in [-0.2, -0.15) is 0 Å². The molecule has 4 heteroatoms. The Kier molecular flexibility index (Phi) is 4.26. The number of carbonyl (C=O) groups excluding carboxylic acids is 1. The Morgan fingerprint density at radius 2 is 2.19 bits per heavy atom. The molecule has 110 valence electrons. The number of primary amides is 1. The van der Waals surface area contributed by atoms with Crippen LogP contribution in [-0.2, 0) is 13.0 Å². The van der Waals surface area contributed by atoms with E-state index in [-0.39, 0.29) is 5.82 Å². The van der Waals surface area contributed by atoms with E-state index < -0.39 is 5.91 Å². The Bertz CT molecular complexity index is 701. The quantitative estimate of drug-likeness (QED) is 0.841. The van der Waals surface area contributed by atoms with Crippen molar-refractivity contribution in [2.75, 3.05) is 0 Å². The van der Waals surface area contributed by atoms with Crippen LogP contribution in [0.4, 0.5) is 4.39 Å². The average molecular weight is 286 g/mol. The summed E-state index contributed by atoms with van der Waals surface area (Å²) in [6, 6.07) is 6.24. The Hall–Kier alpha value is -2.36. The second-order valence-electron chi connectivity index (χ2n) is 4.91. The Labute approximate surface area is 123 Å². The number of carbonyl (C=O) groups is 1. The molecular formula is C17H19FN2O. The van der Waals surface area contributed by atoms with Crippen LogP contribution in [0.2, 0.25) is 0 Å². The van der Waals surface area contributed by atoms with Crippen LogP contribution in [-0.4, -0.2) is 10.5 Å². The molecule has 1 amide bonds. The topological polar surface area (TPSA) is 48.0 Å². The summed E-state index contributed by atoms with van der Waals surface area (Å²) < 4.78 is 15.5. The van der Waals surface area contributed by atoms with Gasteiger partial charge < -0.3 is 10.3 Å². The molecule has 0 radical (unpaired) electrons. The van der Waals surface area contributed by atoms with Crippen molar-refractivity contribution in [2.24, 2.45) is 5.73 Å². The highest BCUT2D eigenvalue weighted by atomic mass is 19.1. The highest BCUT2D eigenvalue weighted by Crippen LogP contribution is 2.33. The van der Waals surface area contributed by atoms with Crippen LogP contribution in [0.25, 0.3) is 11.1 Å². The molecule has 0 saturated carbocycles. The summed E-state index contributed by atoms with van der Waals surface area (Å²) in [5, 5.41) is 0. The van der Waals surface area contributed by atoms with Crippen LogP contribution >= 0.6 is 0 Å². The zero-order valence-corrected chi connectivity index (χ0v) is 12.3. The maximum atomic E-state index is 13.5. The van der Waals surface area contributed by atoms with Crippen molar-refractivity contribution in [3.05, 3.63) is 59.7 Å². The molecule has 3 nitrogen and oxygen atoms in total. The fraction of sp³-hybridized carbons (Fsp3) is 0.235. The molecular weight excluding hydrogens is 267 g/mol. The van der Waals surface area contributed by atoms with Crippen molar-refractivity contribution in [1.29, 1.82) is 0 Å². The molecule has 2 N–H and O–H groups in total. The SMILES string of the molecule is C=CCn1c(C)c(C(N)=O)c(-c2cccc(F)c2)c1CC. The molecule has 0 aliphatic heterocycles. The van der Waals surface area contributed by atoms with Crippen molar-refractivity contribution >= 4 is 5.91 Å². The molecule has 0 atom stereocenters. The van der Waals surface area contributed by atoms with E-state index in [2.05, 4.69) is 6.58 Å². The summed E-state index contributed by atoms with van der Waals surface area (Å²) in [6.45, 7) is 8.19. The number of aromatic nitrogens is 1.